The summed E-state index contributed by atoms with van der Waals surface area (Å²) in [5.74, 6) is 1.15. The fourth-order valence-electron chi connectivity index (χ4n) is 2.87. The number of carbonyl (C=O) groups excluding carboxylic acids is 2. The lowest BCUT2D eigenvalue weighted by atomic mass is 10.0. The molecule has 3 rings (SSSR count). The Kier molecular flexibility index (Phi) is 5.62. The minimum Gasteiger partial charge on any atom is -0.457 e. The van der Waals surface area contributed by atoms with Crippen LogP contribution in [0.2, 0.25) is 0 Å². The lowest BCUT2D eigenvalue weighted by molar-refractivity contribution is -0.104. The number of benzene rings is 3. The summed E-state index contributed by atoms with van der Waals surface area (Å²) in [5.41, 5.74) is 4.43. The summed E-state index contributed by atoms with van der Waals surface area (Å²) in [6.45, 7) is 3.53. The van der Waals surface area contributed by atoms with Crippen molar-refractivity contribution in [2.24, 2.45) is 0 Å². The molecule has 3 aromatic carbocycles. The fraction of sp³-hybridized carbons (Fsp3) is 0.0833. The van der Waals surface area contributed by atoms with Gasteiger partial charge < -0.3 is 4.74 Å². The van der Waals surface area contributed by atoms with Crippen LogP contribution >= 0.6 is 0 Å². The molecule has 0 aliphatic rings. The Morgan fingerprint density at radius 2 is 1.59 bits per heavy atom. The molecule has 0 spiro atoms. The van der Waals surface area contributed by atoms with Gasteiger partial charge in [0.2, 0.25) is 0 Å². The third kappa shape index (κ3) is 4.39. The molecule has 0 aromatic heterocycles. The molecule has 0 bridgehead atoms. The standard InChI is InChI=1S/C24H20O3/c1-17-7-3-4-12-23(17)24(13-14-25)27-22-11-6-10-21(16-22)20-9-5-8-19(15-20)18(2)26/h3-16H,1-2H3/b24-13+. The molecule has 0 fully saturated rings. The van der Waals surface area contributed by atoms with E-state index >= 15 is 0 Å². The number of Topliss-reactive ketones (excluding diaryl/α,β-unsaturated/α-hetero) is 1. The number of carbonyl (C=O) groups is 2. The van der Waals surface area contributed by atoms with E-state index in [1.807, 2.05) is 73.7 Å². The number of allylic oxidation sites excluding steroid dienone is 1. The van der Waals surface area contributed by atoms with Gasteiger partial charge in [0.1, 0.15) is 17.8 Å². The van der Waals surface area contributed by atoms with Crippen LogP contribution in [0, 0.1) is 6.92 Å². The summed E-state index contributed by atoms with van der Waals surface area (Å²) in [6, 6.07) is 22.8. The highest BCUT2D eigenvalue weighted by atomic mass is 16.5. The Labute approximate surface area is 158 Å². The van der Waals surface area contributed by atoms with E-state index in [0.717, 1.165) is 28.5 Å². The van der Waals surface area contributed by atoms with Crippen LogP contribution < -0.4 is 4.74 Å². The second-order valence-corrected chi connectivity index (χ2v) is 6.25. The lowest BCUT2D eigenvalue weighted by Crippen LogP contribution is -1.98. The first kappa shape index (κ1) is 18.3. The second kappa shape index (κ2) is 8.28. The van der Waals surface area contributed by atoms with Gasteiger partial charge in [-0.25, -0.2) is 0 Å². The maximum absolute atomic E-state index is 11.6. The van der Waals surface area contributed by atoms with Crippen molar-refractivity contribution in [3.63, 3.8) is 0 Å². The summed E-state index contributed by atoms with van der Waals surface area (Å²) >= 11 is 0. The third-order valence-electron chi connectivity index (χ3n) is 4.29. The fourth-order valence-corrected chi connectivity index (χ4v) is 2.87. The van der Waals surface area contributed by atoms with Crippen LogP contribution in [-0.2, 0) is 4.79 Å². The van der Waals surface area contributed by atoms with E-state index in [-0.39, 0.29) is 5.78 Å². The molecule has 0 unspecified atom stereocenters. The zero-order valence-corrected chi connectivity index (χ0v) is 15.3. The average Bonchev–Trinajstić information content (AvgIpc) is 2.68. The van der Waals surface area contributed by atoms with Gasteiger partial charge >= 0.3 is 0 Å². The van der Waals surface area contributed by atoms with Gasteiger partial charge in [0.15, 0.2) is 5.78 Å². The third-order valence-corrected chi connectivity index (χ3v) is 4.29. The van der Waals surface area contributed by atoms with Crippen LogP contribution in [0.4, 0.5) is 0 Å². The van der Waals surface area contributed by atoms with Crippen LogP contribution in [-0.4, -0.2) is 12.1 Å². The average molecular weight is 356 g/mol. The van der Waals surface area contributed by atoms with Crippen LogP contribution in [0.1, 0.15) is 28.4 Å². The van der Waals surface area contributed by atoms with E-state index in [4.69, 9.17) is 4.74 Å². The van der Waals surface area contributed by atoms with Crippen LogP contribution in [0.15, 0.2) is 78.9 Å². The van der Waals surface area contributed by atoms with Gasteiger partial charge in [-0.1, -0.05) is 54.6 Å². The summed E-state index contributed by atoms with van der Waals surface area (Å²) < 4.78 is 6.02. The molecule has 134 valence electrons. The lowest BCUT2D eigenvalue weighted by Gasteiger charge is -2.13. The summed E-state index contributed by atoms with van der Waals surface area (Å²) in [4.78, 5) is 22.7. The van der Waals surface area contributed by atoms with Crippen LogP contribution in [0.25, 0.3) is 16.9 Å². The van der Waals surface area contributed by atoms with Crippen molar-refractivity contribution in [1.29, 1.82) is 0 Å². The number of rotatable bonds is 6. The molecule has 3 nitrogen and oxygen atoms in total. The van der Waals surface area contributed by atoms with Gasteiger partial charge in [-0.2, -0.15) is 0 Å². The molecule has 0 amide bonds. The van der Waals surface area contributed by atoms with E-state index in [2.05, 4.69) is 0 Å². The normalized spacial score (nSPS) is 11.1. The smallest absolute Gasteiger partial charge is 0.159 e. The van der Waals surface area contributed by atoms with E-state index in [0.29, 0.717) is 17.1 Å². The molecule has 0 saturated carbocycles. The van der Waals surface area contributed by atoms with Crippen molar-refractivity contribution >= 4 is 17.8 Å². The molecule has 3 aromatic rings. The molecule has 3 heteroatoms. The van der Waals surface area contributed by atoms with Gasteiger partial charge in [0.25, 0.3) is 0 Å². The molecule has 0 heterocycles. The van der Waals surface area contributed by atoms with Crippen molar-refractivity contribution in [2.45, 2.75) is 13.8 Å². The van der Waals surface area contributed by atoms with Gasteiger partial charge in [-0.15, -0.1) is 0 Å². The minimum absolute atomic E-state index is 0.0278. The topological polar surface area (TPSA) is 43.4 Å². The number of ketones is 1. The first-order valence-electron chi connectivity index (χ1n) is 8.69. The zero-order valence-electron chi connectivity index (χ0n) is 15.3. The highest BCUT2D eigenvalue weighted by Gasteiger charge is 2.09. The summed E-state index contributed by atoms with van der Waals surface area (Å²) in [6.07, 6.45) is 2.15. The Hall–Kier alpha value is -3.46. The Morgan fingerprint density at radius 1 is 0.889 bits per heavy atom. The molecule has 0 radical (unpaired) electrons. The Morgan fingerprint density at radius 3 is 2.30 bits per heavy atom. The largest absolute Gasteiger partial charge is 0.457 e. The highest BCUT2D eigenvalue weighted by molar-refractivity contribution is 5.95. The Balaban J connectivity index is 1.94. The van der Waals surface area contributed by atoms with Crippen LogP contribution in [0.5, 0.6) is 5.75 Å². The number of ether oxygens (including phenoxy) is 1. The number of aryl methyl sites for hydroxylation is 1. The summed E-state index contributed by atoms with van der Waals surface area (Å²) in [5, 5.41) is 0. The minimum atomic E-state index is 0.0278. The number of aldehydes is 1. The molecule has 0 saturated heterocycles. The SMILES string of the molecule is CC(=O)c1cccc(-c2cccc(O/C(=C/C=O)c3ccccc3C)c2)c1. The predicted octanol–water partition coefficient (Wildman–Crippen LogP) is 5.48. The number of hydrogen-bond donors (Lipinski definition) is 0. The maximum atomic E-state index is 11.6. The van der Waals surface area contributed by atoms with Crippen molar-refractivity contribution in [3.8, 4) is 16.9 Å². The van der Waals surface area contributed by atoms with Crippen molar-refractivity contribution in [2.75, 3.05) is 0 Å². The first-order valence-corrected chi connectivity index (χ1v) is 8.69. The first-order chi connectivity index (χ1) is 13.1. The van der Waals surface area contributed by atoms with Gasteiger partial charge in [0, 0.05) is 17.2 Å². The van der Waals surface area contributed by atoms with Gasteiger partial charge in [0.05, 0.1) is 0 Å². The molecular formula is C24H20O3. The van der Waals surface area contributed by atoms with Gasteiger partial charge in [-0.3, -0.25) is 9.59 Å². The molecule has 0 aliphatic heterocycles. The monoisotopic (exact) mass is 356 g/mol. The van der Waals surface area contributed by atoms with Crippen molar-refractivity contribution in [1.82, 2.24) is 0 Å². The molecule has 0 atom stereocenters. The molecule has 27 heavy (non-hydrogen) atoms. The van der Waals surface area contributed by atoms with E-state index in [9.17, 15) is 9.59 Å². The Bertz CT molecular complexity index is 1020. The molecule has 0 aliphatic carbocycles. The van der Waals surface area contributed by atoms with Crippen LogP contribution in [0.3, 0.4) is 0 Å². The maximum Gasteiger partial charge on any atom is 0.159 e. The quantitative estimate of drug-likeness (QED) is 0.254. The highest BCUT2D eigenvalue weighted by Crippen LogP contribution is 2.28. The van der Waals surface area contributed by atoms with E-state index in [1.54, 1.807) is 13.0 Å². The predicted molar refractivity (Wildman–Crippen MR) is 108 cm³/mol. The van der Waals surface area contributed by atoms with E-state index in [1.165, 1.54) is 6.08 Å². The van der Waals surface area contributed by atoms with Gasteiger partial charge in [-0.05, 0) is 48.7 Å². The molecular weight excluding hydrogens is 336 g/mol. The van der Waals surface area contributed by atoms with Crippen molar-refractivity contribution in [3.05, 3.63) is 95.6 Å². The number of hydrogen-bond acceptors (Lipinski definition) is 3. The van der Waals surface area contributed by atoms with Crippen molar-refractivity contribution < 1.29 is 14.3 Å². The zero-order chi connectivity index (χ0) is 19.2. The second-order valence-electron chi connectivity index (χ2n) is 6.25. The summed E-state index contributed by atoms with van der Waals surface area (Å²) in [7, 11) is 0. The van der Waals surface area contributed by atoms with E-state index < -0.39 is 0 Å². The molecule has 0 N–H and O–H groups in total.